The Morgan fingerprint density at radius 3 is 2.94 bits per heavy atom. The van der Waals surface area contributed by atoms with Crippen LogP contribution in [-0.4, -0.2) is 9.91 Å². The molecule has 1 atom stereocenters. The van der Waals surface area contributed by atoms with E-state index in [1.807, 2.05) is 24.4 Å². The first-order valence-electron chi connectivity index (χ1n) is 5.08. The zero-order valence-corrected chi connectivity index (χ0v) is 9.98. The third-order valence-electron chi connectivity index (χ3n) is 2.31. The smallest absolute Gasteiger partial charge is 0.311 e. The molecule has 88 valence electrons. The molecule has 2 rings (SSSR count). The molecular formula is C11H11N3O2S. The third-order valence-corrected chi connectivity index (χ3v) is 3.36. The fourth-order valence-corrected chi connectivity index (χ4v) is 2.20. The van der Waals surface area contributed by atoms with Crippen molar-refractivity contribution < 1.29 is 4.92 Å². The number of rotatable bonds is 4. The minimum absolute atomic E-state index is 0.00333. The molecule has 0 spiro atoms. The van der Waals surface area contributed by atoms with Crippen molar-refractivity contribution in [1.82, 2.24) is 4.98 Å². The van der Waals surface area contributed by atoms with Crippen LogP contribution in [0.3, 0.4) is 0 Å². The average Bonchev–Trinajstić information content (AvgIpc) is 2.83. The van der Waals surface area contributed by atoms with Crippen LogP contribution in [0.4, 0.5) is 11.5 Å². The molecule has 0 aromatic carbocycles. The first-order chi connectivity index (χ1) is 8.18. The predicted molar refractivity (Wildman–Crippen MR) is 67.2 cm³/mol. The molecular weight excluding hydrogens is 238 g/mol. The summed E-state index contributed by atoms with van der Waals surface area (Å²) < 4.78 is 0. The lowest BCUT2D eigenvalue weighted by Crippen LogP contribution is -2.08. The number of hydrogen-bond acceptors (Lipinski definition) is 5. The Morgan fingerprint density at radius 2 is 2.29 bits per heavy atom. The standard InChI is InChI=1S/C11H11N3O2S/c1-8(10-5-3-7-17-10)13-11-9(14(15)16)4-2-6-12-11/h2-8H,1H3,(H,12,13)/t8-/m0/s1. The molecule has 0 aliphatic rings. The average molecular weight is 249 g/mol. The monoisotopic (exact) mass is 249 g/mol. The molecule has 6 heteroatoms. The van der Waals surface area contributed by atoms with Gasteiger partial charge >= 0.3 is 5.69 Å². The SMILES string of the molecule is C[C@H](Nc1ncccc1[N+](=O)[O-])c1cccs1. The van der Waals surface area contributed by atoms with Crippen molar-refractivity contribution in [2.24, 2.45) is 0 Å². The van der Waals surface area contributed by atoms with Gasteiger partial charge in [-0.2, -0.15) is 0 Å². The molecule has 2 aromatic heterocycles. The van der Waals surface area contributed by atoms with Crippen molar-refractivity contribution in [3.63, 3.8) is 0 Å². The van der Waals surface area contributed by atoms with E-state index in [9.17, 15) is 10.1 Å². The molecule has 5 nitrogen and oxygen atoms in total. The van der Waals surface area contributed by atoms with Crippen molar-refractivity contribution in [2.75, 3.05) is 5.32 Å². The lowest BCUT2D eigenvalue weighted by Gasteiger charge is -2.12. The number of nitro groups is 1. The van der Waals surface area contributed by atoms with Crippen LogP contribution in [0.5, 0.6) is 0 Å². The fourth-order valence-electron chi connectivity index (χ4n) is 1.47. The second-order valence-electron chi connectivity index (χ2n) is 3.51. The Kier molecular flexibility index (Phi) is 3.34. The van der Waals surface area contributed by atoms with E-state index >= 15 is 0 Å². The van der Waals surface area contributed by atoms with Crippen LogP contribution in [-0.2, 0) is 0 Å². The Hall–Kier alpha value is -1.95. The second kappa shape index (κ2) is 4.92. The summed E-state index contributed by atoms with van der Waals surface area (Å²) in [5.74, 6) is 0.304. The lowest BCUT2D eigenvalue weighted by atomic mass is 10.2. The molecule has 2 heterocycles. The number of thiophene rings is 1. The van der Waals surface area contributed by atoms with Gasteiger partial charge in [-0.15, -0.1) is 11.3 Å². The topological polar surface area (TPSA) is 68.1 Å². The number of nitrogens with zero attached hydrogens (tertiary/aromatic N) is 2. The summed E-state index contributed by atoms with van der Waals surface area (Å²) >= 11 is 1.60. The van der Waals surface area contributed by atoms with Crippen LogP contribution in [0.2, 0.25) is 0 Å². The van der Waals surface area contributed by atoms with Crippen molar-refractivity contribution >= 4 is 22.8 Å². The van der Waals surface area contributed by atoms with Gasteiger partial charge in [0.15, 0.2) is 0 Å². The summed E-state index contributed by atoms with van der Waals surface area (Å²) in [7, 11) is 0. The van der Waals surface area contributed by atoms with Gasteiger partial charge in [0.1, 0.15) is 0 Å². The van der Waals surface area contributed by atoms with Crippen LogP contribution in [0, 0.1) is 10.1 Å². The zero-order valence-electron chi connectivity index (χ0n) is 9.16. The molecule has 2 aromatic rings. The van der Waals surface area contributed by atoms with Gasteiger partial charge in [0.05, 0.1) is 11.0 Å². The fraction of sp³-hybridized carbons (Fsp3) is 0.182. The second-order valence-corrected chi connectivity index (χ2v) is 4.49. The summed E-state index contributed by atoms with van der Waals surface area (Å²) in [5.41, 5.74) is -0.00379. The highest BCUT2D eigenvalue weighted by molar-refractivity contribution is 7.10. The van der Waals surface area contributed by atoms with Gasteiger partial charge in [0.2, 0.25) is 5.82 Å². The Morgan fingerprint density at radius 1 is 1.47 bits per heavy atom. The van der Waals surface area contributed by atoms with E-state index in [-0.39, 0.29) is 11.7 Å². The number of pyridine rings is 1. The normalized spacial score (nSPS) is 12.1. The summed E-state index contributed by atoms with van der Waals surface area (Å²) in [6, 6.07) is 6.93. The molecule has 0 unspecified atom stereocenters. The van der Waals surface area contributed by atoms with E-state index in [0.717, 1.165) is 4.88 Å². The van der Waals surface area contributed by atoms with Crippen molar-refractivity contribution in [1.29, 1.82) is 0 Å². The van der Waals surface area contributed by atoms with Gasteiger partial charge < -0.3 is 5.32 Å². The van der Waals surface area contributed by atoms with Gasteiger partial charge in [-0.1, -0.05) is 6.07 Å². The van der Waals surface area contributed by atoms with E-state index in [2.05, 4.69) is 10.3 Å². The molecule has 0 aliphatic heterocycles. The molecule has 0 fully saturated rings. The van der Waals surface area contributed by atoms with Crippen LogP contribution in [0.1, 0.15) is 17.8 Å². The van der Waals surface area contributed by atoms with Crippen molar-refractivity contribution in [3.05, 3.63) is 50.8 Å². The maximum absolute atomic E-state index is 10.8. The van der Waals surface area contributed by atoms with E-state index in [0.29, 0.717) is 5.82 Å². The zero-order chi connectivity index (χ0) is 12.3. The number of hydrogen-bond donors (Lipinski definition) is 1. The Bertz CT molecular complexity index is 513. The van der Waals surface area contributed by atoms with Gasteiger partial charge in [0.25, 0.3) is 0 Å². The summed E-state index contributed by atoms with van der Waals surface area (Å²) in [6.07, 6.45) is 1.54. The van der Waals surface area contributed by atoms with Crippen LogP contribution in [0.15, 0.2) is 35.8 Å². The molecule has 1 N–H and O–H groups in total. The van der Waals surface area contributed by atoms with Crippen molar-refractivity contribution in [3.8, 4) is 0 Å². The highest BCUT2D eigenvalue weighted by Gasteiger charge is 2.16. The minimum atomic E-state index is -0.434. The third kappa shape index (κ3) is 2.59. The number of anilines is 1. The maximum atomic E-state index is 10.8. The number of nitrogens with one attached hydrogen (secondary N) is 1. The maximum Gasteiger partial charge on any atom is 0.311 e. The van der Waals surface area contributed by atoms with E-state index in [4.69, 9.17) is 0 Å². The Labute approximate surface area is 102 Å². The van der Waals surface area contributed by atoms with Crippen molar-refractivity contribution in [2.45, 2.75) is 13.0 Å². The van der Waals surface area contributed by atoms with Gasteiger partial charge in [-0.25, -0.2) is 4.98 Å². The van der Waals surface area contributed by atoms with Crippen LogP contribution in [0.25, 0.3) is 0 Å². The van der Waals surface area contributed by atoms with E-state index in [1.54, 1.807) is 17.4 Å². The van der Waals surface area contributed by atoms with E-state index in [1.165, 1.54) is 12.3 Å². The van der Waals surface area contributed by atoms with E-state index < -0.39 is 4.92 Å². The quantitative estimate of drug-likeness (QED) is 0.667. The largest absolute Gasteiger partial charge is 0.357 e. The predicted octanol–water partition coefficient (Wildman–Crippen LogP) is 3.22. The van der Waals surface area contributed by atoms with Crippen LogP contribution >= 0.6 is 11.3 Å². The Balaban J connectivity index is 2.21. The molecule has 0 saturated carbocycles. The number of aromatic nitrogens is 1. The summed E-state index contributed by atoms with van der Waals surface area (Å²) in [6.45, 7) is 1.95. The molecule has 0 amide bonds. The summed E-state index contributed by atoms with van der Waals surface area (Å²) in [4.78, 5) is 15.5. The van der Waals surface area contributed by atoms with Gasteiger partial charge in [0, 0.05) is 17.1 Å². The highest BCUT2D eigenvalue weighted by Crippen LogP contribution is 2.27. The first-order valence-corrected chi connectivity index (χ1v) is 5.96. The first kappa shape index (κ1) is 11.5. The minimum Gasteiger partial charge on any atom is -0.357 e. The van der Waals surface area contributed by atoms with Gasteiger partial charge in [-0.05, 0) is 24.4 Å². The lowest BCUT2D eigenvalue weighted by molar-refractivity contribution is -0.384. The van der Waals surface area contributed by atoms with Gasteiger partial charge in [-0.3, -0.25) is 10.1 Å². The molecule has 0 saturated heterocycles. The summed E-state index contributed by atoms with van der Waals surface area (Å²) in [5, 5.41) is 15.8. The molecule has 0 aliphatic carbocycles. The molecule has 0 bridgehead atoms. The molecule has 17 heavy (non-hydrogen) atoms. The highest BCUT2D eigenvalue weighted by atomic mass is 32.1. The molecule has 0 radical (unpaired) electrons. The van der Waals surface area contributed by atoms with Crippen LogP contribution < -0.4 is 5.32 Å².